The largest absolute Gasteiger partial charge is 0.342 e. The highest BCUT2D eigenvalue weighted by atomic mass is 15.2. The summed E-state index contributed by atoms with van der Waals surface area (Å²) in [5.74, 6) is 0.564. The fourth-order valence-corrected chi connectivity index (χ4v) is 3.95. The predicted molar refractivity (Wildman–Crippen MR) is 103 cm³/mol. The van der Waals surface area contributed by atoms with Crippen LogP contribution in [-0.2, 0) is 12.0 Å². The Bertz CT molecular complexity index is 893. The number of nitrogens with zero attached hydrogens (tertiary/aromatic N) is 4. The molecule has 4 heterocycles. The molecule has 1 aliphatic rings. The summed E-state index contributed by atoms with van der Waals surface area (Å²) in [5, 5.41) is 7.47. The van der Waals surface area contributed by atoms with Crippen molar-refractivity contribution in [2.24, 2.45) is 0 Å². The summed E-state index contributed by atoms with van der Waals surface area (Å²) in [6.07, 6.45) is 6.15. The zero-order chi connectivity index (χ0) is 18.3. The van der Waals surface area contributed by atoms with Crippen LogP contribution in [0.1, 0.15) is 62.2 Å². The Morgan fingerprint density at radius 3 is 2.69 bits per heavy atom. The van der Waals surface area contributed by atoms with Gasteiger partial charge in [0.05, 0.1) is 11.9 Å². The van der Waals surface area contributed by atoms with Gasteiger partial charge < -0.3 is 4.98 Å². The number of likely N-dealkylation sites (tertiary alicyclic amines) is 1. The number of fused-ring (bicyclic) bond motifs is 1. The Hall–Kier alpha value is -2.21. The molecule has 0 aromatic carbocycles. The van der Waals surface area contributed by atoms with Gasteiger partial charge in [0.2, 0.25) is 0 Å². The number of aromatic nitrogens is 5. The second kappa shape index (κ2) is 6.50. The molecule has 0 spiro atoms. The lowest BCUT2D eigenvalue weighted by Crippen LogP contribution is -2.33. The van der Waals surface area contributed by atoms with E-state index in [0.29, 0.717) is 5.92 Å². The lowest BCUT2D eigenvalue weighted by molar-refractivity contribution is 0.202. The van der Waals surface area contributed by atoms with Crippen LogP contribution in [0.4, 0.5) is 0 Å². The van der Waals surface area contributed by atoms with Crippen molar-refractivity contribution in [1.82, 2.24) is 30.0 Å². The molecule has 1 saturated heterocycles. The minimum atomic E-state index is 0.104. The monoisotopic (exact) mass is 352 g/mol. The van der Waals surface area contributed by atoms with Gasteiger partial charge in [-0.3, -0.25) is 15.0 Å². The van der Waals surface area contributed by atoms with E-state index in [2.05, 4.69) is 56.9 Å². The number of piperidine rings is 1. The number of hydrogen-bond donors (Lipinski definition) is 2. The van der Waals surface area contributed by atoms with Gasteiger partial charge in [0.1, 0.15) is 5.52 Å². The molecule has 1 fully saturated rings. The molecule has 3 aromatic rings. The zero-order valence-corrected chi connectivity index (χ0v) is 16.1. The van der Waals surface area contributed by atoms with E-state index in [-0.39, 0.29) is 5.41 Å². The quantitative estimate of drug-likeness (QED) is 0.754. The summed E-state index contributed by atoms with van der Waals surface area (Å²) in [6, 6.07) is 2.18. The molecule has 0 radical (unpaired) electrons. The van der Waals surface area contributed by atoms with Crippen LogP contribution >= 0.6 is 0 Å². The van der Waals surface area contributed by atoms with Crippen LogP contribution in [0.3, 0.4) is 0 Å². The number of nitrogens with one attached hydrogen (secondary N) is 2. The molecule has 0 aliphatic carbocycles. The van der Waals surface area contributed by atoms with Crippen molar-refractivity contribution in [1.29, 1.82) is 0 Å². The first-order valence-electron chi connectivity index (χ1n) is 9.47. The number of aromatic amines is 2. The molecule has 1 aliphatic heterocycles. The van der Waals surface area contributed by atoms with Gasteiger partial charge in [0.25, 0.3) is 0 Å². The lowest BCUT2D eigenvalue weighted by atomic mass is 9.89. The Morgan fingerprint density at radius 1 is 1.19 bits per heavy atom. The van der Waals surface area contributed by atoms with E-state index in [1.165, 1.54) is 17.0 Å². The summed E-state index contributed by atoms with van der Waals surface area (Å²) in [7, 11) is 0. The molecule has 0 atom stereocenters. The first-order chi connectivity index (χ1) is 12.4. The Morgan fingerprint density at radius 2 is 1.96 bits per heavy atom. The Kier molecular flexibility index (Phi) is 4.31. The van der Waals surface area contributed by atoms with Crippen molar-refractivity contribution < 1.29 is 0 Å². The lowest BCUT2D eigenvalue weighted by Gasteiger charge is -2.32. The molecule has 3 aromatic heterocycles. The fourth-order valence-electron chi connectivity index (χ4n) is 3.95. The standard InChI is InChI=1S/C20H28N6/c1-13-10-21-17-9-16(24-19(17)23-13)14-5-7-26(8-6-14)12-15-11-22-25-18(15)20(2,3)4/h9-11,14H,5-8,12H2,1-4H3,(H,22,25)(H,23,24). The van der Waals surface area contributed by atoms with Crippen LogP contribution in [-0.4, -0.2) is 43.1 Å². The molecule has 6 nitrogen and oxygen atoms in total. The highest BCUT2D eigenvalue weighted by molar-refractivity contribution is 5.71. The second-order valence-electron chi connectivity index (χ2n) is 8.54. The van der Waals surface area contributed by atoms with Crippen LogP contribution in [0.15, 0.2) is 18.5 Å². The normalized spacial score (nSPS) is 17.2. The van der Waals surface area contributed by atoms with Gasteiger partial charge in [-0.05, 0) is 38.9 Å². The molecule has 0 unspecified atom stereocenters. The molecule has 0 saturated carbocycles. The van der Waals surface area contributed by atoms with Crippen molar-refractivity contribution in [2.45, 2.75) is 58.4 Å². The van der Waals surface area contributed by atoms with Crippen molar-refractivity contribution in [3.63, 3.8) is 0 Å². The summed E-state index contributed by atoms with van der Waals surface area (Å²) in [4.78, 5) is 15.1. The van der Waals surface area contributed by atoms with Gasteiger partial charge in [0.15, 0.2) is 5.65 Å². The number of H-pyrrole nitrogens is 2. The minimum absolute atomic E-state index is 0.104. The molecule has 0 amide bonds. The molecule has 4 rings (SSSR count). The smallest absolute Gasteiger partial charge is 0.156 e. The topological polar surface area (TPSA) is 73.5 Å². The van der Waals surface area contributed by atoms with Gasteiger partial charge in [-0.2, -0.15) is 5.10 Å². The minimum Gasteiger partial charge on any atom is -0.342 e. The maximum Gasteiger partial charge on any atom is 0.156 e. The fraction of sp³-hybridized carbons (Fsp3) is 0.550. The Balaban J connectivity index is 1.42. The maximum absolute atomic E-state index is 4.55. The van der Waals surface area contributed by atoms with Gasteiger partial charge in [-0.25, -0.2) is 4.98 Å². The van der Waals surface area contributed by atoms with E-state index >= 15 is 0 Å². The zero-order valence-electron chi connectivity index (χ0n) is 16.1. The number of hydrogen-bond acceptors (Lipinski definition) is 4. The molecular weight excluding hydrogens is 324 g/mol. The summed E-state index contributed by atoms with van der Waals surface area (Å²) >= 11 is 0. The van der Waals surface area contributed by atoms with Gasteiger partial charge in [-0.15, -0.1) is 0 Å². The molecule has 0 bridgehead atoms. The molecule has 138 valence electrons. The van der Waals surface area contributed by atoms with Gasteiger partial charge >= 0.3 is 0 Å². The second-order valence-corrected chi connectivity index (χ2v) is 8.54. The SMILES string of the molecule is Cc1cnc2cc(C3CCN(Cc4cn[nH]c4C(C)(C)C)CC3)[nH]c2n1. The number of rotatable bonds is 3. The van der Waals surface area contributed by atoms with E-state index in [1.807, 2.05) is 19.3 Å². The summed E-state index contributed by atoms with van der Waals surface area (Å²) < 4.78 is 0. The number of aryl methyl sites for hydroxylation is 1. The predicted octanol–water partition coefficient (Wildman–Crippen LogP) is 3.67. The third kappa shape index (κ3) is 3.38. The highest BCUT2D eigenvalue weighted by Gasteiger charge is 2.25. The van der Waals surface area contributed by atoms with Crippen LogP contribution in [0.5, 0.6) is 0 Å². The highest BCUT2D eigenvalue weighted by Crippen LogP contribution is 2.31. The molecule has 26 heavy (non-hydrogen) atoms. The first kappa shape index (κ1) is 17.2. The average Bonchev–Trinajstić information content (AvgIpc) is 3.21. The Labute approximate surface area is 154 Å². The van der Waals surface area contributed by atoms with E-state index in [1.54, 1.807) is 0 Å². The van der Waals surface area contributed by atoms with E-state index in [4.69, 9.17) is 0 Å². The van der Waals surface area contributed by atoms with Crippen LogP contribution in [0.2, 0.25) is 0 Å². The summed E-state index contributed by atoms with van der Waals surface area (Å²) in [5.41, 5.74) is 6.80. The van der Waals surface area contributed by atoms with E-state index < -0.39 is 0 Å². The van der Waals surface area contributed by atoms with Crippen LogP contribution < -0.4 is 0 Å². The van der Waals surface area contributed by atoms with Gasteiger partial charge in [-0.1, -0.05) is 20.8 Å². The molecule has 2 N–H and O–H groups in total. The van der Waals surface area contributed by atoms with Crippen molar-refractivity contribution in [3.05, 3.63) is 41.1 Å². The van der Waals surface area contributed by atoms with E-state index in [0.717, 1.165) is 49.3 Å². The molecular formula is C20H28N6. The molecule has 6 heteroatoms. The van der Waals surface area contributed by atoms with Crippen molar-refractivity contribution >= 4 is 11.2 Å². The summed E-state index contributed by atoms with van der Waals surface area (Å²) in [6.45, 7) is 11.9. The third-order valence-electron chi connectivity index (χ3n) is 5.37. The van der Waals surface area contributed by atoms with Crippen molar-refractivity contribution in [2.75, 3.05) is 13.1 Å². The van der Waals surface area contributed by atoms with Gasteiger partial charge in [0, 0.05) is 41.0 Å². The van der Waals surface area contributed by atoms with Crippen molar-refractivity contribution in [3.8, 4) is 0 Å². The van der Waals surface area contributed by atoms with Crippen LogP contribution in [0.25, 0.3) is 11.2 Å². The third-order valence-corrected chi connectivity index (χ3v) is 5.37. The average molecular weight is 352 g/mol. The maximum atomic E-state index is 4.55. The van der Waals surface area contributed by atoms with E-state index in [9.17, 15) is 0 Å². The first-order valence-corrected chi connectivity index (χ1v) is 9.47. The van der Waals surface area contributed by atoms with Crippen LogP contribution in [0, 0.1) is 6.92 Å².